The molecule has 0 aliphatic heterocycles. The summed E-state index contributed by atoms with van der Waals surface area (Å²) in [6.45, 7) is 12.0. The van der Waals surface area contributed by atoms with Crippen LogP contribution in [-0.2, 0) is 13.6 Å². The molecule has 0 aliphatic rings. The summed E-state index contributed by atoms with van der Waals surface area (Å²) in [4.78, 5) is 8.89. The summed E-state index contributed by atoms with van der Waals surface area (Å²) in [6.07, 6.45) is 28.9. The summed E-state index contributed by atoms with van der Waals surface area (Å²) in [5.41, 5.74) is 0. The van der Waals surface area contributed by atoms with E-state index in [9.17, 15) is 0 Å². The summed E-state index contributed by atoms with van der Waals surface area (Å²) in [7, 11) is -1.06. The van der Waals surface area contributed by atoms with Crippen LogP contribution in [0.1, 0.15) is 169 Å². The number of hydrogen-bond acceptors (Lipinski definition) is 4. The molecule has 0 amide bonds. The average Bonchev–Trinajstić information content (AvgIpc) is 2.83. The number of rotatable bonds is 27. The Balaban J connectivity index is 0. The van der Waals surface area contributed by atoms with Gasteiger partial charge in [-0.15, -0.1) is 0 Å². The standard InChI is InChI=1S/C29H61O2Si.C2H4O2/c1-5-7-9-11-13-15-17-19-21-23-26-30-32(28-25-29(3)4)31-27-24-22-20-18-16-14-12-10-8-6-2;1-2(3)4/h29H,5-28H2,1-4H3;1H3,(H,3,4)/q+1;/p-1. The van der Waals surface area contributed by atoms with Gasteiger partial charge in [-0.2, -0.15) is 0 Å². The van der Waals surface area contributed by atoms with E-state index in [1.165, 1.54) is 135 Å². The second kappa shape index (κ2) is 32.6. The molecule has 0 saturated carbocycles. The van der Waals surface area contributed by atoms with Crippen LogP contribution in [0.15, 0.2) is 0 Å². The first kappa shape index (κ1) is 37.8. The Bertz CT molecular complexity index is 387. The lowest BCUT2D eigenvalue weighted by Crippen LogP contribution is -2.24. The molecule has 0 N–H and O–H groups in total. The van der Waals surface area contributed by atoms with Gasteiger partial charge in [-0.25, -0.2) is 8.85 Å². The predicted molar refractivity (Wildman–Crippen MR) is 156 cm³/mol. The SMILES string of the molecule is CC(=O)[O-].CCCCCCCCCCCCO[Si+](CCC(C)C)OCCCCCCCCCCCC. The maximum atomic E-state index is 8.89. The van der Waals surface area contributed by atoms with E-state index < -0.39 is 15.3 Å². The van der Waals surface area contributed by atoms with Crippen LogP contribution in [0.4, 0.5) is 0 Å². The minimum Gasteiger partial charge on any atom is -0.550 e. The van der Waals surface area contributed by atoms with Crippen molar-refractivity contribution in [2.24, 2.45) is 5.92 Å². The van der Waals surface area contributed by atoms with Crippen LogP contribution < -0.4 is 5.11 Å². The zero-order valence-electron chi connectivity index (χ0n) is 25.2. The van der Waals surface area contributed by atoms with Gasteiger partial charge in [0.2, 0.25) is 0 Å². The van der Waals surface area contributed by atoms with Crippen molar-refractivity contribution in [2.75, 3.05) is 13.2 Å². The van der Waals surface area contributed by atoms with E-state index in [1.807, 2.05) is 0 Å². The van der Waals surface area contributed by atoms with Crippen molar-refractivity contribution >= 4 is 15.3 Å². The number of carboxylic acid groups (broad SMARTS) is 1. The molecule has 36 heavy (non-hydrogen) atoms. The molecular formula is C31H64O4Si. The van der Waals surface area contributed by atoms with Gasteiger partial charge >= 0.3 is 9.28 Å². The third-order valence-electron chi connectivity index (χ3n) is 6.45. The van der Waals surface area contributed by atoms with Crippen molar-refractivity contribution in [1.29, 1.82) is 0 Å². The van der Waals surface area contributed by atoms with Crippen LogP contribution in [0.25, 0.3) is 0 Å². The van der Waals surface area contributed by atoms with Crippen LogP contribution in [0.3, 0.4) is 0 Å². The minimum atomic E-state index is -1.08. The summed E-state index contributed by atoms with van der Waals surface area (Å²) in [6, 6.07) is 1.15. The molecule has 0 unspecified atom stereocenters. The predicted octanol–water partition coefficient (Wildman–Crippen LogP) is 9.15. The maximum absolute atomic E-state index is 8.89. The smallest absolute Gasteiger partial charge is 0.550 e. The van der Waals surface area contributed by atoms with E-state index in [-0.39, 0.29) is 0 Å². The highest BCUT2D eigenvalue weighted by atomic mass is 28.3. The number of aliphatic carboxylic acids is 1. The molecule has 0 atom stereocenters. The number of carbonyl (C=O) groups excluding carboxylic acids is 1. The van der Waals surface area contributed by atoms with Gasteiger partial charge in [0.1, 0.15) is 6.04 Å². The highest BCUT2D eigenvalue weighted by molar-refractivity contribution is 6.44. The van der Waals surface area contributed by atoms with E-state index in [4.69, 9.17) is 18.8 Å². The zero-order chi connectivity index (χ0) is 27.1. The number of unbranched alkanes of at least 4 members (excludes halogenated alkanes) is 18. The summed E-state index contributed by atoms with van der Waals surface area (Å²) < 4.78 is 12.5. The van der Waals surface area contributed by atoms with Crippen LogP contribution in [0, 0.1) is 5.92 Å². The molecule has 0 aromatic heterocycles. The maximum Gasteiger partial charge on any atom is 0.643 e. The van der Waals surface area contributed by atoms with E-state index in [0.29, 0.717) is 0 Å². The lowest BCUT2D eigenvalue weighted by atomic mass is 10.1. The third kappa shape index (κ3) is 38.1. The van der Waals surface area contributed by atoms with Crippen LogP contribution in [-0.4, -0.2) is 28.5 Å². The molecule has 0 radical (unpaired) electrons. The summed E-state index contributed by atoms with van der Waals surface area (Å²) >= 11 is 0. The Kier molecular flexibility index (Phi) is 34.2. The van der Waals surface area contributed by atoms with Crippen LogP contribution >= 0.6 is 0 Å². The van der Waals surface area contributed by atoms with Crippen molar-refractivity contribution in [3.63, 3.8) is 0 Å². The molecule has 0 fully saturated rings. The zero-order valence-corrected chi connectivity index (χ0v) is 26.2. The Hall–Kier alpha value is -0.393. The van der Waals surface area contributed by atoms with Gasteiger partial charge in [0.05, 0.1) is 13.2 Å². The second-order valence-corrected chi connectivity index (χ2v) is 12.7. The molecule has 4 nitrogen and oxygen atoms in total. The Morgan fingerprint density at radius 2 is 0.889 bits per heavy atom. The fourth-order valence-electron chi connectivity index (χ4n) is 4.14. The lowest BCUT2D eigenvalue weighted by molar-refractivity contribution is -0.302. The van der Waals surface area contributed by atoms with Crippen molar-refractivity contribution in [2.45, 2.75) is 176 Å². The monoisotopic (exact) mass is 528 g/mol. The molecule has 5 heteroatoms. The molecule has 0 spiro atoms. The van der Waals surface area contributed by atoms with Gasteiger partial charge in [-0.05, 0) is 32.1 Å². The number of hydrogen-bond donors (Lipinski definition) is 0. The Morgan fingerprint density at radius 3 is 1.17 bits per heavy atom. The molecule has 216 valence electrons. The van der Waals surface area contributed by atoms with E-state index in [0.717, 1.165) is 32.1 Å². The Morgan fingerprint density at radius 1 is 0.611 bits per heavy atom. The van der Waals surface area contributed by atoms with E-state index in [2.05, 4.69) is 27.7 Å². The number of carboxylic acids is 1. The molecule has 0 rings (SSSR count). The first-order valence-electron chi connectivity index (χ1n) is 15.7. The van der Waals surface area contributed by atoms with Gasteiger partial charge in [0, 0.05) is 5.97 Å². The second-order valence-electron chi connectivity index (χ2n) is 10.9. The molecule has 0 heterocycles. The first-order chi connectivity index (χ1) is 17.4. The molecule has 0 aromatic rings. The largest absolute Gasteiger partial charge is 0.643 e. The van der Waals surface area contributed by atoms with Crippen molar-refractivity contribution in [1.82, 2.24) is 0 Å². The molecule has 0 aliphatic carbocycles. The third-order valence-corrected chi connectivity index (χ3v) is 8.20. The quantitative estimate of drug-likeness (QED) is 0.0787. The van der Waals surface area contributed by atoms with Gasteiger partial charge in [-0.1, -0.05) is 143 Å². The van der Waals surface area contributed by atoms with Crippen LogP contribution in [0.2, 0.25) is 6.04 Å². The first-order valence-corrected chi connectivity index (χ1v) is 17.2. The normalized spacial score (nSPS) is 10.9. The van der Waals surface area contributed by atoms with Gasteiger partial charge < -0.3 is 9.90 Å². The highest BCUT2D eigenvalue weighted by Crippen LogP contribution is 2.14. The topological polar surface area (TPSA) is 58.6 Å². The fraction of sp³-hybridized carbons (Fsp3) is 0.968. The van der Waals surface area contributed by atoms with Crippen molar-refractivity contribution < 1.29 is 18.8 Å². The van der Waals surface area contributed by atoms with Crippen LogP contribution in [0.5, 0.6) is 0 Å². The summed E-state index contributed by atoms with van der Waals surface area (Å²) in [5.74, 6) is -0.336. The number of carbonyl (C=O) groups is 1. The van der Waals surface area contributed by atoms with Gasteiger partial charge in [0.15, 0.2) is 0 Å². The summed E-state index contributed by atoms with van der Waals surface area (Å²) in [5, 5.41) is 8.89. The highest BCUT2D eigenvalue weighted by Gasteiger charge is 2.32. The molecule has 0 saturated heterocycles. The average molecular weight is 529 g/mol. The lowest BCUT2D eigenvalue weighted by Gasteiger charge is -2.06. The van der Waals surface area contributed by atoms with E-state index >= 15 is 0 Å². The van der Waals surface area contributed by atoms with Gasteiger partial charge in [-0.3, -0.25) is 0 Å². The van der Waals surface area contributed by atoms with Gasteiger partial charge in [0.25, 0.3) is 0 Å². The molecular weight excluding hydrogens is 464 g/mol. The molecule has 0 aromatic carbocycles. The Labute approximate surface area is 228 Å². The molecule has 0 bridgehead atoms. The van der Waals surface area contributed by atoms with E-state index in [1.54, 1.807) is 0 Å². The van der Waals surface area contributed by atoms with Crippen molar-refractivity contribution in [3.8, 4) is 0 Å². The fourth-order valence-corrected chi connectivity index (χ4v) is 6.07. The van der Waals surface area contributed by atoms with Crippen molar-refractivity contribution in [3.05, 3.63) is 0 Å². The minimum absolute atomic E-state index is 0.747.